The summed E-state index contributed by atoms with van der Waals surface area (Å²) in [7, 11) is 1.87. The molecule has 15 heavy (non-hydrogen) atoms. The molecule has 4 nitrogen and oxygen atoms in total. The van der Waals surface area contributed by atoms with Crippen LogP contribution < -0.4 is 0 Å². The van der Waals surface area contributed by atoms with Gasteiger partial charge in [0.1, 0.15) is 0 Å². The fourth-order valence-corrected chi connectivity index (χ4v) is 2.03. The van der Waals surface area contributed by atoms with Crippen LogP contribution in [-0.2, 0) is 11.3 Å². The Morgan fingerprint density at radius 1 is 1.53 bits per heavy atom. The SMILES string of the molecule is Cc1ncn(CC2CCN(C)C2=O)c1C. The smallest absolute Gasteiger partial charge is 0.227 e. The molecule has 2 rings (SSSR count). The third kappa shape index (κ3) is 1.76. The Morgan fingerprint density at radius 3 is 2.73 bits per heavy atom. The van der Waals surface area contributed by atoms with Gasteiger partial charge in [-0.3, -0.25) is 4.79 Å². The van der Waals surface area contributed by atoms with E-state index in [0.29, 0.717) is 0 Å². The van der Waals surface area contributed by atoms with E-state index in [4.69, 9.17) is 0 Å². The molecule has 2 heterocycles. The molecule has 1 unspecified atom stereocenters. The van der Waals surface area contributed by atoms with Crippen molar-refractivity contribution in [3.05, 3.63) is 17.7 Å². The third-order valence-corrected chi connectivity index (χ3v) is 3.30. The molecule has 1 aromatic rings. The second-order valence-corrected chi connectivity index (χ2v) is 4.31. The van der Waals surface area contributed by atoms with Crippen molar-refractivity contribution in [1.29, 1.82) is 0 Å². The van der Waals surface area contributed by atoms with Crippen LogP contribution in [0.3, 0.4) is 0 Å². The monoisotopic (exact) mass is 207 g/mol. The lowest BCUT2D eigenvalue weighted by Crippen LogP contribution is -2.25. The van der Waals surface area contributed by atoms with Gasteiger partial charge in [-0.05, 0) is 20.3 Å². The minimum absolute atomic E-state index is 0.141. The van der Waals surface area contributed by atoms with Crippen LogP contribution in [0.15, 0.2) is 6.33 Å². The van der Waals surface area contributed by atoms with Gasteiger partial charge in [0.2, 0.25) is 5.91 Å². The fraction of sp³-hybridized carbons (Fsp3) is 0.636. The molecule has 4 heteroatoms. The number of amides is 1. The Morgan fingerprint density at radius 2 is 2.27 bits per heavy atom. The lowest BCUT2D eigenvalue weighted by molar-refractivity contribution is -0.130. The fourth-order valence-electron chi connectivity index (χ4n) is 2.03. The summed E-state index contributed by atoms with van der Waals surface area (Å²) in [6.07, 6.45) is 2.79. The van der Waals surface area contributed by atoms with E-state index in [1.54, 1.807) is 0 Å². The first-order chi connectivity index (χ1) is 7.09. The molecule has 0 saturated carbocycles. The highest BCUT2D eigenvalue weighted by atomic mass is 16.2. The Hall–Kier alpha value is -1.32. The molecule has 1 aromatic heterocycles. The minimum Gasteiger partial charge on any atom is -0.345 e. The lowest BCUT2D eigenvalue weighted by atomic mass is 10.1. The molecule has 1 saturated heterocycles. The largest absolute Gasteiger partial charge is 0.345 e. The number of carbonyl (C=O) groups is 1. The van der Waals surface area contributed by atoms with Crippen LogP contribution in [0.4, 0.5) is 0 Å². The Kier molecular flexibility index (Phi) is 2.50. The van der Waals surface area contributed by atoms with Gasteiger partial charge in [0.05, 0.1) is 17.9 Å². The average Bonchev–Trinajstić information content (AvgIpc) is 2.68. The summed E-state index contributed by atoms with van der Waals surface area (Å²) < 4.78 is 2.08. The van der Waals surface area contributed by atoms with E-state index in [9.17, 15) is 4.79 Å². The summed E-state index contributed by atoms with van der Waals surface area (Å²) in [6.45, 7) is 5.70. The van der Waals surface area contributed by atoms with E-state index in [-0.39, 0.29) is 11.8 Å². The number of carbonyl (C=O) groups excluding carboxylic acids is 1. The van der Waals surface area contributed by atoms with Crippen molar-refractivity contribution >= 4 is 5.91 Å². The summed E-state index contributed by atoms with van der Waals surface area (Å²) in [5.41, 5.74) is 2.21. The van der Waals surface area contributed by atoms with E-state index in [1.807, 2.05) is 32.1 Å². The van der Waals surface area contributed by atoms with Gasteiger partial charge >= 0.3 is 0 Å². The van der Waals surface area contributed by atoms with Crippen LogP contribution in [0.25, 0.3) is 0 Å². The van der Waals surface area contributed by atoms with Crippen molar-refractivity contribution in [2.45, 2.75) is 26.8 Å². The van der Waals surface area contributed by atoms with Gasteiger partial charge in [0, 0.05) is 25.8 Å². The topological polar surface area (TPSA) is 38.1 Å². The van der Waals surface area contributed by atoms with Gasteiger partial charge in [-0.15, -0.1) is 0 Å². The normalized spacial score (nSPS) is 21.4. The van der Waals surface area contributed by atoms with E-state index < -0.39 is 0 Å². The first kappa shape index (κ1) is 10.2. The maximum Gasteiger partial charge on any atom is 0.227 e. The summed E-state index contributed by atoms with van der Waals surface area (Å²) in [5, 5.41) is 0. The standard InChI is InChI=1S/C11H17N3O/c1-8-9(2)14(7-12-8)6-10-4-5-13(3)11(10)15/h7,10H,4-6H2,1-3H3. The van der Waals surface area contributed by atoms with E-state index >= 15 is 0 Å². The van der Waals surface area contributed by atoms with Crippen LogP contribution in [0.1, 0.15) is 17.8 Å². The maximum atomic E-state index is 11.7. The van der Waals surface area contributed by atoms with Crippen molar-refractivity contribution in [2.24, 2.45) is 5.92 Å². The van der Waals surface area contributed by atoms with Crippen molar-refractivity contribution in [3.63, 3.8) is 0 Å². The number of likely N-dealkylation sites (tertiary alicyclic amines) is 1. The number of imidazole rings is 1. The number of nitrogens with zero attached hydrogens (tertiary/aromatic N) is 3. The van der Waals surface area contributed by atoms with Gasteiger partial charge in [-0.1, -0.05) is 0 Å². The van der Waals surface area contributed by atoms with Crippen molar-refractivity contribution in [1.82, 2.24) is 14.5 Å². The first-order valence-corrected chi connectivity index (χ1v) is 5.33. The molecule has 0 bridgehead atoms. The highest BCUT2D eigenvalue weighted by molar-refractivity contribution is 5.80. The number of aryl methyl sites for hydroxylation is 1. The number of hydrogen-bond donors (Lipinski definition) is 0. The quantitative estimate of drug-likeness (QED) is 0.725. The highest BCUT2D eigenvalue weighted by Crippen LogP contribution is 2.19. The van der Waals surface area contributed by atoms with Crippen LogP contribution >= 0.6 is 0 Å². The van der Waals surface area contributed by atoms with Gasteiger partial charge in [0.15, 0.2) is 0 Å². The summed E-state index contributed by atoms with van der Waals surface area (Å²) in [6, 6.07) is 0. The van der Waals surface area contributed by atoms with Gasteiger partial charge in [-0.2, -0.15) is 0 Å². The second kappa shape index (κ2) is 3.68. The van der Waals surface area contributed by atoms with E-state index in [1.165, 1.54) is 0 Å². The lowest BCUT2D eigenvalue weighted by Gasteiger charge is -2.12. The molecule has 1 amide bonds. The zero-order chi connectivity index (χ0) is 11.0. The molecular weight excluding hydrogens is 190 g/mol. The molecule has 0 spiro atoms. The van der Waals surface area contributed by atoms with Crippen LogP contribution in [0, 0.1) is 19.8 Å². The number of rotatable bonds is 2. The maximum absolute atomic E-state index is 11.7. The zero-order valence-corrected chi connectivity index (χ0v) is 9.53. The molecule has 0 aromatic carbocycles. The zero-order valence-electron chi connectivity index (χ0n) is 9.53. The van der Waals surface area contributed by atoms with Crippen LogP contribution in [0.5, 0.6) is 0 Å². The van der Waals surface area contributed by atoms with Crippen molar-refractivity contribution in [3.8, 4) is 0 Å². The molecular formula is C11H17N3O. The minimum atomic E-state index is 0.141. The predicted molar refractivity (Wildman–Crippen MR) is 57.4 cm³/mol. The number of hydrogen-bond acceptors (Lipinski definition) is 2. The van der Waals surface area contributed by atoms with Gasteiger partial charge in [-0.25, -0.2) is 4.98 Å². The Labute approximate surface area is 89.9 Å². The number of aromatic nitrogens is 2. The molecule has 0 aliphatic carbocycles. The van der Waals surface area contributed by atoms with Crippen LogP contribution in [0.2, 0.25) is 0 Å². The van der Waals surface area contributed by atoms with Crippen molar-refractivity contribution in [2.75, 3.05) is 13.6 Å². The molecule has 0 radical (unpaired) electrons. The predicted octanol–water partition coefficient (Wildman–Crippen LogP) is 0.978. The highest BCUT2D eigenvalue weighted by Gasteiger charge is 2.29. The first-order valence-electron chi connectivity index (χ1n) is 5.33. The molecule has 1 atom stereocenters. The molecule has 1 fully saturated rings. The summed E-state index contributed by atoms with van der Waals surface area (Å²) >= 11 is 0. The Balaban J connectivity index is 2.10. The van der Waals surface area contributed by atoms with E-state index in [2.05, 4.69) is 9.55 Å². The third-order valence-electron chi connectivity index (χ3n) is 3.30. The summed E-state index contributed by atoms with van der Waals surface area (Å²) in [4.78, 5) is 17.8. The average molecular weight is 207 g/mol. The van der Waals surface area contributed by atoms with Gasteiger partial charge < -0.3 is 9.47 Å². The Bertz CT molecular complexity index is 383. The van der Waals surface area contributed by atoms with Crippen LogP contribution in [-0.4, -0.2) is 34.0 Å². The molecule has 1 aliphatic heterocycles. The van der Waals surface area contributed by atoms with E-state index in [0.717, 1.165) is 30.9 Å². The van der Waals surface area contributed by atoms with Crippen molar-refractivity contribution < 1.29 is 4.79 Å². The molecule has 82 valence electrons. The second-order valence-electron chi connectivity index (χ2n) is 4.31. The summed E-state index contributed by atoms with van der Waals surface area (Å²) in [5.74, 6) is 0.406. The molecule has 0 N–H and O–H groups in total. The van der Waals surface area contributed by atoms with Gasteiger partial charge in [0.25, 0.3) is 0 Å². The molecule has 1 aliphatic rings.